The minimum absolute atomic E-state index is 0.144. The lowest BCUT2D eigenvalue weighted by molar-refractivity contribution is 0.295. The van der Waals surface area contributed by atoms with E-state index in [1.165, 1.54) is 12.7 Å². The van der Waals surface area contributed by atoms with Crippen LogP contribution >= 0.6 is 15.4 Å². The molecule has 0 spiro atoms. The minimum Gasteiger partial charge on any atom is -0.416 e. The van der Waals surface area contributed by atoms with Crippen molar-refractivity contribution < 1.29 is 31.7 Å². The smallest absolute Gasteiger partial charge is 0.416 e. The van der Waals surface area contributed by atoms with Crippen LogP contribution in [0.1, 0.15) is 33.4 Å². The molecule has 0 amide bonds. The molecule has 0 aromatic heterocycles. The summed E-state index contributed by atoms with van der Waals surface area (Å²) in [4.78, 5) is 0. The standard InChI is InChI=1S/C31H34O7P2/c1-21-12-8-13-22(2)29(21)36-39(7,32)34-27-18-11-19-28(20-27)35-40(33,37-30-23(3)14-9-15-24(30)4)38-31-25(5)16-10-17-26(31)6/h8-20H,1-7H3. The van der Waals surface area contributed by atoms with Crippen LogP contribution in [0.4, 0.5) is 0 Å². The maximum Gasteiger partial charge on any atom is 0.647 e. The molecule has 0 N–H and O–H groups in total. The number of phosphoric ester groups is 1. The lowest BCUT2D eigenvalue weighted by Crippen LogP contribution is -2.10. The molecule has 7 nitrogen and oxygen atoms in total. The average Bonchev–Trinajstić information content (AvgIpc) is 2.86. The third-order valence-electron chi connectivity index (χ3n) is 6.18. The number of aryl methyl sites for hydroxylation is 6. The summed E-state index contributed by atoms with van der Waals surface area (Å²) >= 11 is 0. The lowest BCUT2D eigenvalue weighted by Gasteiger charge is -2.23. The second-order valence-electron chi connectivity index (χ2n) is 9.81. The van der Waals surface area contributed by atoms with E-state index in [2.05, 4.69) is 0 Å². The highest BCUT2D eigenvalue weighted by atomic mass is 31.2. The van der Waals surface area contributed by atoms with Crippen molar-refractivity contribution in [3.63, 3.8) is 0 Å². The van der Waals surface area contributed by atoms with Gasteiger partial charge >= 0.3 is 15.4 Å². The molecule has 0 saturated carbocycles. The van der Waals surface area contributed by atoms with Gasteiger partial charge in [-0.15, -0.1) is 0 Å². The van der Waals surface area contributed by atoms with Crippen LogP contribution in [0.3, 0.4) is 0 Å². The van der Waals surface area contributed by atoms with Crippen molar-refractivity contribution in [1.82, 2.24) is 0 Å². The van der Waals surface area contributed by atoms with Crippen molar-refractivity contribution in [3.8, 4) is 28.7 Å². The molecule has 0 heterocycles. The third-order valence-corrected chi connectivity index (χ3v) is 8.49. The maximum atomic E-state index is 14.3. The molecule has 0 aliphatic heterocycles. The molecule has 4 aromatic rings. The Morgan fingerprint density at radius 3 is 1.18 bits per heavy atom. The Hall–Kier alpha value is -3.66. The number of benzene rings is 4. The van der Waals surface area contributed by atoms with E-state index in [9.17, 15) is 9.13 Å². The van der Waals surface area contributed by atoms with Crippen molar-refractivity contribution in [2.24, 2.45) is 0 Å². The number of rotatable bonds is 10. The predicted molar refractivity (Wildman–Crippen MR) is 158 cm³/mol. The summed E-state index contributed by atoms with van der Waals surface area (Å²) in [5.41, 5.74) is 4.80. The van der Waals surface area contributed by atoms with Gasteiger partial charge in [0.2, 0.25) is 0 Å². The maximum absolute atomic E-state index is 14.3. The van der Waals surface area contributed by atoms with Gasteiger partial charge in [0.1, 0.15) is 28.7 Å². The molecular formula is C31H34O7P2. The second-order valence-corrected chi connectivity index (χ2v) is 13.2. The van der Waals surface area contributed by atoms with Gasteiger partial charge in [-0.3, -0.25) is 0 Å². The fraction of sp³-hybridized carbons (Fsp3) is 0.226. The number of hydrogen-bond acceptors (Lipinski definition) is 7. The predicted octanol–water partition coefficient (Wildman–Crippen LogP) is 9.46. The Balaban J connectivity index is 1.64. The van der Waals surface area contributed by atoms with E-state index in [0.717, 1.165) is 33.4 Å². The first-order chi connectivity index (χ1) is 18.9. The summed E-state index contributed by atoms with van der Waals surface area (Å²) in [6.45, 7) is 12.6. The molecule has 0 aliphatic rings. The zero-order valence-corrected chi connectivity index (χ0v) is 25.5. The van der Waals surface area contributed by atoms with Crippen LogP contribution in [0.15, 0.2) is 78.9 Å². The van der Waals surface area contributed by atoms with Gasteiger partial charge in [0.15, 0.2) is 0 Å². The Kier molecular flexibility index (Phi) is 8.68. The number of phosphoric acid groups is 1. The zero-order chi connectivity index (χ0) is 29.1. The normalized spacial score (nSPS) is 12.8. The lowest BCUT2D eigenvalue weighted by atomic mass is 10.1. The Morgan fingerprint density at radius 2 is 0.775 bits per heavy atom. The molecule has 210 valence electrons. The quantitative estimate of drug-likeness (QED) is 0.173. The van der Waals surface area contributed by atoms with Gasteiger partial charge in [0, 0.05) is 6.07 Å². The van der Waals surface area contributed by atoms with E-state index < -0.39 is 15.4 Å². The van der Waals surface area contributed by atoms with Crippen LogP contribution < -0.4 is 22.6 Å². The van der Waals surface area contributed by atoms with Crippen LogP contribution in [0, 0.1) is 41.5 Å². The van der Waals surface area contributed by atoms with Gasteiger partial charge in [-0.1, -0.05) is 60.7 Å². The summed E-state index contributed by atoms with van der Waals surface area (Å²) in [6.07, 6.45) is 0. The zero-order valence-electron chi connectivity index (χ0n) is 23.8. The first kappa shape index (κ1) is 29.3. The summed E-state index contributed by atoms with van der Waals surface area (Å²) in [5.74, 6) is 1.67. The molecule has 4 aromatic carbocycles. The average molecular weight is 581 g/mol. The van der Waals surface area contributed by atoms with Gasteiger partial charge < -0.3 is 22.6 Å². The van der Waals surface area contributed by atoms with Crippen molar-refractivity contribution in [1.29, 1.82) is 0 Å². The molecule has 1 atom stereocenters. The van der Waals surface area contributed by atoms with Gasteiger partial charge in [0.05, 0.1) is 6.66 Å². The fourth-order valence-electron chi connectivity index (χ4n) is 4.20. The van der Waals surface area contributed by atoms with Crippen molar-refractivity contribution in [2.75, 3.05) is 6.66 Å². The number of para-hydroxylation sites is 3. The van der Waals surface area contributed by atoms with E-state index in [1.807, 2.05) is 96.1 Å². The van der Waals surface area contributed by atoms with E-state index in [0.29, 0.717) is 17.2 Å². The molecule has 9 heteroatoms. The van der Waals surface area contributed by atoms with E-state index in [1.54, 1.807) is 18.2 Å². The molecule has 0 aliphatic carbocycles. The van der Waals surface area contributed by atoms with E-state index in [4.69, 9.17) is 22.6 Å². The van der Waals surface area contributed by atoms with Crippen LogP contribution in [0.5, 0.6) is 28.7 Å². The monoisotopic (exact) mass is 580 g/mol. The summed E-state index contributed by atoms with van der Waals surface area (Å²) in [7, 11) is -7.87. The van der Waals surface area contributed by atoms with Gasteiger partial charge in [-0.2, -0.15) is 4.57 Å². The number of hydrogen-bond donors (Lipinski definition) is 0. The van der Waals surface area contributed by atoms with Gasteiger partial charge in [-0.05, 0) is 87.1 Å². The van der Waals surface area contributed by atoms with Gasteiger partial charge in [0.25, 0.3) is 0 Å². The highest BCUT2D eigenvalue weighted by molar-refractivity contribution is 7.53. The molecule has 0 saturated heterocycles. The summed E-state index contributed by atoms with van der Waals surface area (Å²) < 4.78 is 57.1. The Morgan fingerprint density at radius 1 is 0.450 bits per heavy atom. The van der Waals surface area contributed by atoms with E-state index in [-0.39, 0.29) is 11.5 Å². The summed E-state index contributed by atoms with van der Waals surface area (Å²) in [6, 6.07) is 23.2. The fourth-order valence-corrected chi connectivity index (χ4v) is 6.86. The van der Waals surface area contributed by atoms with Crippen LogP contribution in [-0.4, -0.2) is 6.66 Å². The topological polar surface area (TPSA) is 80.3 Å². The highest BCUT2D eigenvalue weighted by Crippen LogP contribution is 2.53. The van der Waals surface area contributed by atoms with Crippen molar-refractivity contribution in [2.45, 2.75) is 41.5 Å². The highest BCUT2D eigenvalue weighted by Gasteiger charge is 2.35. The molecular weight excluding hydrogens is 546 g/mol. The third kappa shape index (κ3) is 7.10. The first-order valence-electron chi connectivity index (χ1n) is 12.8. The van der Waals surface area contributed by atoms with Crippen molar-refractivity contribution in [3.05, 3.63) is 112 Å². The molecule has 4 rings (SSSR count). The molecule has 0 radical (unpaired) electrons. The Labute approximate surface area is 236 Å². The largest absolute Gasteiger partial charge is 0.647 e. The molecule has 40 heavy (non-hydrogen) atoms. The van der Waals surface area contributed by atoms with Gasteiger partial charge in [-0.25, -0.2) is 4.57 Å². The van der Waals surface area contributed by atoms with E-state index >= 15 is 0 Å². The second kappa shape index (κ2) is 11.8. The molecule has 0 fully saturated rings. The SMILES string of the molecule is Cc1cccc(C)c1OP(C)(=O)Oc1cccc(OP(=O)(Oc2c(C)cccc2C)Oc2c(C)cccc2C)c1. The Bertz CT molecular complexity index is 1510. The molecule has 0 bridgehead atoms. The van der Waals surface area contributed by atoms with Crippen LogP contribution in [0.25, 0.3) is 0 Å². The van der Waals surface area contributed by atoms with Crippen LogP contribution in [-0.2, 0) is 9.13 Å². The molecule has 1 unspecified atom stereocenters. The summed E-state index contributed by atoms with van der Waals surface area (Å²) in [5, 5.41) is 0. The van der Waals surface area contributed by atoms with Crippen LogP contribution in [0.2, 0.25) is 0 Å². The minimum atomic E-state index is -4.29. The van der Waals surface area contributed by atoms with Crippen molar-refractivity contribution >= 4 is 15.4 Å². The first-order valence-corrected chi connectivity index (χ1v) is 16.2.